The predicted molar refractivity (Wildman–Crippen MR) is 100 cm³/mol. The standard InChI is InChI=1S/C20H24N4O/c1-14-12-15(2)22-20(17(14)13-21)23-16-8-10-24(11-9-16)18-6-4-5-7-19(18)25-3/h4-7,12,16H,8-11H2,1-3H3,(H,22,23). The topological polar surface area (TPSA) is 61.2 Å². The zero-order chi connectivity index (χ0) is 17.8. The lowest BCUT2D eigenvalue weighted by molar-refractivity contribution is 0.411. The van der Waals surface area contributed by atoms with Gasteiger partial charge in [-0.05, 0) is 50.5 Å². The van der Waals surface area contributed by atoms with E-state index in [0.717, 1.165) is 54.4 Å². The molecule has 2 heterocycles. The number of nitrogens with one attached hydrogen (secondary N) is 1. The van der Waals surface area contributed by atoms with Crippen LogP contribution in [0.3, 0.4) is 0 Å². The molecule has 1 aliphatic rings. The minimum absolute atomic E-state index is 0.326. The fraction of sp³-hybridized carbons (Fsp3) is 0.400. The Labute approximate surface area is 149 Å². The summed E-state index contributed by atoms with van der Waals surface area (Å²) >= 11 is 0. The van der Waals surface area contributed by atoms with Gasteiger partial charge in [-0.3, -0.25) is 0 Å². The summed E-state index contributed by atoms with van der Waals surface area (Å²) in [7, 11) is 1.71. The maximum Gasteiger partial charge on any atom is 0.144 e. The van der Waals surface area contributed by atoms with E-state index >= 15 is 0 Å². The Kier molecular flexibility index (Phi) is 5.08. The van der Waals surface area contributed by atoms with Crippen molar-refractivity contribution >= 4 is 11.5 Å². The Balaban J connectivity index is 1.69. The van der Waals surface area contributed by atoms with E-state index in [1.54, 1.807) is 7.11 Å². The Bertz CT molecular complexity index is 789. The molecule has 5 nitrogen and oxygen atoms in total. The number of hydrogen-bond acceptors (Lipinski definition) is 5. The van der Waals surface area contributed by atoms with Crippen LogP contribution < -0.4 is 15.0 Å². The molecule has 1 fully saturated rings. The number of piperidine rings is 1. The quantitative estimate of drug-likeness (QED) is 0.923. The van der Waals surface area contributed by atoms with E-state index < -0.39 is 0 Å². The third kappa shape index (κ3) is 3.69. The lowest BCUT2D eigenvalue weighted by atomic mass is 10.0. The smallest absolute Gasteiger partial charge is 0.144 e. The van der Waals surface area contributed by atoms with Crippen molar-refractivity contribution in [3.05, 3.63) is 47.2 Å². The van der Waals surface area contributed by atoms with Gasteiger partial charge in [0.25, 0.3) is 0 Å². The first-order chi connectivity index (χ1) is 12.1. The Hall–Kier alpha value is -2.74. The van der Waals surface area contributed by atoms with E-state index in [-0.39, 0.29) is 0 Å². The first-order valence-corrected chi connectivity index (χ1v) is 8.65. The second kappa shape index (κ2) is 7.43. The maximum atomic E-state index is 9.42. The van der Waals surface area contributed by atoms with E-state index in [1.807, 2.05) is 38.1 Å². The van der Waals surface area contributed by atoms with Gasteiger partial charge in [0.05, 0.1) is 18.4 Å². The van der Waals surface area contributed by atoms with Crippen LogP contribution in [0.4, 0.5) is 11.5 Å². The molecule has 1 aromatic heterocycles. The highest BCUT2D eigenvalue weighted by molar-refractivity contribution is 5.59. The van der Waals surface area contributed by atoms with Crippen LogP contribution in [0.2, 0.25) is 0 Å². The molecule has 0 saturated carbocycles. The van der Waals surface area contributed by atoms with Crippen molar-refractivity contribution in [1.29, 1.82) is 5.26 Å². The van der Waals surface area contributed by atoms with Crippen molar-refractivity contribution in [2.24, 2.45) is 0 Å². The molecule has 0 amide bonds. The van der Waals surface area contributed by atoms with Crippen molar-refractivity contribution in [2.75, 3.05) is 30.4 Å². The molecular weight excluding hydrogens is 312 g/mol. The summed E-state index contributed by atoms with van der Waals surface area (Å²) in [6.07, 6.45) is 2.00. The van der Waals surface area contributed by atoms with Gasteiger partial charge in [-0.25, -0.2) is 4.98 Å². The van der Waals surface area contributed by atoms with Gasteiger partial charge in [0, 0.05) is 24.8 Å². The van der Waals surface area contributed by atoms with Crippen LogP contribution in [-0.2, 0) is 0 Å². The zero-order valence-corrected chi connectivity index (χ0v) is 15.0. The van der Waals surface area contributed by atoms with E-state index in [9.17, 15) is 5.26 Å². The van der Waals surface area contributed by atoms with Crippen molar-refractivity contribution in [3.8, 4) is 11.8 Å². The maximum absolute atomic E-state index is 9.42. The lowest BCUT2D eigenvalue weighted by Gasteiger charge is -2.35. The number of nitrogens with zero attached hydrogens (tertiary/aromatic N) is 3. The number of methoxy groups -OCH3 is 1. The van der Waals surface area contributed by atoms with Gasteiger partial charge >= 0.3 is 0 Å². The first-order valence-electron chi connectivity index (χ1n) is 8.65. The molecule has 0 aliphatic carbocycles. The van der Waals surface area contributed by atoms with Gasteiger partial charge in [-0.1, -0.05) is 12.1 Å². The molecule has 3 rings (SSSR count). The number of aryl methyl sites for hydroxylation is 2. The van der Waals surface area contributed by atoms with E-state index in [4.69, 9.17) is 4.74 Å². The van der Waals surface area contributed by atoms with Crippen LogP contribution in [0, 0.1) is 25.2 Å². The fourth-order valence-electron chi connectivity index (χ4n) is 3.43. The summed E-state index contributed by atoms with van der Waals surface area (Å²) in [4.78, 5) is 6.89. The van der Waals surface area contributed by atoms with Crippen LogP contribution in [0.25, 0.3) is 0 Å². The second-order valence-electron chi connectivity index (χ2n) is 6.49. The van der Waals surface area contributed by atoms with Crippen molar-refractivity contribution in [3.63, 3.8) is 0 Å². The molecular formula is C20H24N4O. The molecule has 1 aromatic carbocycles. The SMILES string of the molecule is COc1ccccc1N1CCC(Nc2nc(C)cc(C)c2C#N)CC1. The molecule has 1 saturated heterocycles. The molecule has 1 N–H and O–H groups in total. The monoisotopic (exact) mass is 336 g/mol. The van der Waals surface area contributed by atoms with Gasteiger partial charge in [-0.15, -0.1) is 0 Å². The zero-order valence-electron chi connectivity index (χ0n) is 15.0. The number of rotatable bonds is 4. The molecule has 25 heavy (non-hydrogen) atoms. The summed E-state index contributed by atoms with van der Waals surface area (Å²) in [5, 5.41) is 12.9. The van der Waals surface area contributed by atoms with Crippen LogP contribution in [0.15, 0.2) is 30.3 Å². The van der Waals surface area contributed by atoms with Crippen LogP contribution in [-0.4, -0.2) is 31.2 Å². The normalized spacial score (nSPS) is 14.9. The van der Waals surface area contributed by atoms with E-state index in [1.165, 1.54) is 0 Å². The number of anilines is 2. The first kappa shape index (κ1) is 17.1. The van der Waals surface area contributed by atoms with Crippen molar-refractivity contribution < 1.29 is 4.74 Å². The summed E-state index contributed by atoms with van der Waals surface area (Å²) in [5.41, 5.74) is 3.71. The van der Waals surface area contributed by atoms with Crippen LogP contribution >= 0.6 is 0 Å². The van der Waals surface area contributed by atoms with Gasteiger partial charge < -0.3 is 15.0 Å². The van der Waals surface area contributed by atoms with Crippen molar-refractivity contribution in [1.82, 2.24) is 4.98 Å². The third-order valence-corrected chi connectivity index (χ3v) is 4.72. The minimum atomic E-state index is 0.326. The van der Waals surface area contributed by atoms with Gasteiger partial charge in [0.1, 0.15) is 17.6 Å². The number of pyridine rings is 1. The summed E-state index contributed by atoms with van der Waals surface area (Å²) in [6.45, 7) is 5.82. The molecule has 0 atom stereocenters. The Morgan fingerprint density at radius 3 is 2.64 bits per heavy atom. The Morgan fingerprint density at radius 1 is 1.24 bits per heavy atom. The Morgan fingerprint density at radius 2 is 1.96 bits per heavy atom. The van der Waals surface area contributed by atoms with Crippen LogP contribution in [0.1, 0.15) is 29.7 Å². The van der Waals surface area contributed by atoms with Crippen molar-refractivity contribution in [2.45, 2.75) is 32.7 Å². The summed E-state index contributed by atoms with van der Waals surface area (Å²) in [5.74, 6) is 1.63. The number of benzene rings is 1. The molecule has 5 heteroatoms. The molecule has 0 bridgehead atoms. The molecule has 1 aliphatic heterocycles. The lowest BCUT2D eigenvalue weighted by Crippen LogP contribution is -2.39. The molecule has 130 valence electrons. The average molecular weight is 336 g/mol. The predicted octanol–water partition coefficient (Wildman–Crippen LogP) is 3.66. The summed E-state index contributed by atoms with van der Waals surface area (Å²) < 4.78 is 5.47. The largest absolute Gasteiger partial charge is 0.495 e. The molecule has 0 spiro atoms. The fourth-order valence-corrected chi connectivity index (χ4v) is 3.43. The van der Waals surface area contributed by atoms with E-state index in [2.05, 4.69) is 27.3 Å². The summed E-state index contributed by atoms with van der Waals surface area (Å²) in [6, 6.07) is 12.7. The minimum Gasteiger partial charge on any atom is -0.495 e. The van der Waals surface area contributed by atoms with E-state index in [0.29, 0.717) is 11.6 Å². The number of ether oxygens (including phenoxy) is 1. The average Bonchev–Trinajstić information content (AvgIpc) is 2.62. The van der Waals surface area contributed by atoms with Crippen LogP contribution in [0.5, 0.6) is 5.75 Å². The number of aromatic nitrogens is 1. The highest BCUT2D eigenvalue weighted by Crippen LogP contribution is 2.30. The highest BCUT2D eigenvalue weighted by Gasteiger charge is 2.22. The number of para-hydroxylation sites is 2. The van der Waals surface area contributed by atoms with Gasteiger partial charge in [-0.2, -0.15) is 5.26 Å². The van der Waals surface area contributed by atoms with Gasteiger partial charge in [0.2, 0.25) is 0 Å². The highest BCUT2D eigenvalue weighted by atomic mass is 16.5. The third-order valence-electron chi connectivity index (χ3n) is 4.72. The number of nitriles is 1. The second-order valence-corrected chi connectivity index (χ2v) is 6.49. The molecule has 2 aromatic rings. The number of hydrogen-bond donors (Lipinski definition) is 1. The van der Waals surface area contributed by atoms with Gasteiger partial charge in [0.15, 0.2) is 0 Å². The molecule has 0 unspecified atom stereocenters. The molecule has 0 radical (unpaired) electrons.